The van der Waals surface area contributed by atoms with Crippen molar-refractivity contribution in [2.45, 2.75) is 46.6 Å². The second-order valence-electron chi connectivity index (χ2n) is 13.4. The molecule has 3 heteroatoms. The number of fused-ring (bicyclic) bond motifs is 6. The van der Waals surface area contributed by atoms with E-state index in [4.69, 9.17) is 0 Å². The van der Waals surface area contributed by atoms with Crippen molar-refractivity contribution >= 4 is 44.3 Å². The monoisotopic (exact) mass is 600 g/mol. The van der Waals surface area contributed by atoms with Crippen molar-refractivity contribution in [2.24, 2.45) is 0 Å². The minimum absolute atomic E-state index is 0.902. The van der Waals surface area contributed by atoms with Gasteiger partial charge < -0.3 is 9.47 Å². The van der Waals surface area contributed by atoms with Gasteiger partial charge in [-0.15, -0.1) is 0 Å². The first-order chi connectivity index (χ1) is 22.7. The van der Waals surface area contributed by atoms with Crippen molar-refractivity contribution in [3.05, 3.63) is 131 Å². The van der Waals surface area contributed by atoms with Gasteiger partial charge in [-0.1, -0.05) is 60.7 Å². The van der Waals surface area contributed by atoms with Crippen LogP contribution in [0.4, 0.5) is 17.1 Å². The van der Waals surface area contributed by atoms with Crippen LogP contribution in [0.5, 0.6) is 0 Å². The topological polar surface area (TPSA) is 8.17 Å². The van der Waals surface area contributed by atoms with E-state index in [0.29, 0.717) is 0 Å². The Kier molecular flexibility index (Phi) is 6.30. The number of nitrogens with zero attached hydrogens (tertiary/aromatic N) is 3. The zero-order valence-electron chi connectivity index (χ0n) is 27.3. The van der Waals surface area contributed by atoms with Crippen molar-refractivity contribution in [3.8, 4) is 11.1 Å². The molecule has 0 atom stereocenters. The molecule has 3 aliphatic rings. The summed E-state index contributed by atoms with van der Waals surface area (Å²) in [6.07, 6.45) is 5.60. The first kappa shape index (κ1) is 27.7. The van der Waals surface area contributed by atoms with Gasteiger partial charge in [0.15, 0.2) is 5.69 Å². The maximum atomic E-state index is 2.59. The molecule has 0 amide bonds. The van der Waals surface area contributed by atoms with Crippen LogP contribution in [0.3, 0.4) is 0 Å². The Labute approximate surface area is 272 Å². The van der Waals surface area contributed by atoms with Crippen LogP contribution in [0.2, 0.25) is 0 Å². The quantitative estimate of drug-likeness (QED) is 0.179. The molecule has 0 aliphatic carbocycles. The Bertz CT molecular complexity index is 2210. The number of hydrogen-bond acceptors (Lipinski definition) is 1. The highest BCUT2D eigenvalue weighted by molar-refractivity contribution is 6.13. The second-order valence-corrected chi connectivity index (χ2v) is 13.4. The minimum Gasteiger partial charge on any atom is -0.372 e. The molecule has 5 aromatic carbocycles. The molecule has 0 N–H and O–H groups in total. The third kappa shape index (κ3) is 3.75. The molecular weight excluding hydrogens is 558 g/mol. The highest BCUT2D eigenvalue weighted by Crippen LogP contribution is 2.57. The number of benzene rings is 5. The lowest BCUT2D eigenvalue weighted by Crippen LogP contribution is -2.42. The maximum Gasteiger partial charge on any atom is 0.154 e. The summed E-state index contributed by atoms with van der Waals surface area (Å²) in [6.45, 7) is 12.2. The molecule has 3 nitrogen and oxygen atoms in total. The first-order valence-electron chi connectivity index (χ1n) is 17.4. The smallest absolute Gasteiger partial charge is 0.154 e. The third-order valence-electron chi connectivity index (χ3n) is 11.4. The van der Waals surface area contributed by atoms with Gasteiger partial charge in [-0.05, 0) is 115 Å². The number of anilines is 1. The van der Waals surface area contributed by atoms with E-state index in [2.05, 4.69) is 133 Å². The van der Waals surface area contributed by atoms with Gasteiger partial charge in [-0.3, -0.25) is 4.48 Å². The lowest BCUT2D eigenvalue weighted by atomic mass is 9.81. The summed E-state index contributed by atoms with van der Waals surface area (Å²) in [7, 11) is 0. The molecule has 0 fully saturated rings. The molecule has 4 heterocycles. The molecule has 9 rings (SSSR count). The Morgan fingerprint density at radius 2 is 1.57 bits per heavy atom. The van der Waals surface area contributed by atoms with Gasteiger partial charge in [0.05, 0.1) is 24.2 Å². The van der Waals surface area contributed by atoms with Gasteiger partial charge in [-0.2, -0.15) is 0 Å². The van der Waals surface area contributed by atoms with Crippen LogP contribution < -0.4 is 9.38 Å². The van der Waals surface area contributed by atoms with E-state index in [1.165, 1.54) is 89.7 Å². The molecule has 0 radical (unpaired) electrons. The largest absolute Gasteiger partial charge is 0.372 e. The molecule has 3 aliphatic heterocycles. The van der Waals surface area contributed by atoms with E-state index in [9.17, 15) is 0 Å². The molecule has 0 spiro atoms. The molecule has 1 aromatic heterocycles. The summed E-state index contributed by atoms with van der Waals surface area (Å²) < 4.78 is 3.40. The lowest BCUT2D eigenvalue weighted by Gasteiger charge is -2.34. The molecule has 46 heavy (non-hydrogen) atoms. The molecule has 0 unspecified atom stereocenters. The zero-order chi connectivity index (χ0) is 31.0. The number of allylic oxidation sites excluding steroid dienone is 1. The van der Waals surface area contributed by atoms with Crippen molar-refractivity contribution in [3.63, 3.8) is 0 Å². The van der Waals surface area contributed by atoms with Crippen molar-refractivity contribution in [1.82, 2.24) is 9.05 Å². The zero-order valence-corrected chi connectivity index (χ0v) is 27.3. The first-order valence-corrected chi connectivity index (χ1v) is 17.4. The van der Waals surface area contributed by atoms with Crippen LogP contribution in [-0.4, -0.2) is 30.7 Å². The summed E-state index contributed by atoms with van der Waals surface area (Å²) in [5, 5.41) is 4.12. The number of rotatable bonds is 5. The fourth-order valence-corrected chi connectivity index (χ4v) is 9.37. The predicted molar refractivity (Wildman–Crippen MR) is 196 cm³/mol. The summed E-state index contributed by atoms with van der Waals surface area (Å²) in [5.74, 6) is 0. The molecular formula is C43H42N3+. The molecule has 0 saturated carbocycles. The number of para-hydroxylation sites is 2. The van der Waals surface area contributed by atoms with Crippen LogP contribution in [-0.2, 0) is 19.4 Å². The lowest BCUT2D eigenvalue weighted by molar-refractivity contribution is 0.433. The number of aromatic nitrogens is 1. The van der Waals surface area contributed by atoms with Crippen molar-refractivity contribution < 1.29 is 0 Å². The van der Waals surface area contributed by atoms with Gasteiger partial charge in [-0.25, -0.2) is 0 Å². The predicted octanol–water partition coefficient (Wildman–Crippen LogP) is 10.3. The van der Waals surface area contributed by atoms with E-state index in [1.807, 2.05) is 0 Å². The van der Waals surface area contributed by atoms with Crippen LogP contribution in [0.1, 0.15) is 49.4 Å². The Morgan fingerprint density at radius 1 is 0.761 bits per heavy atom. The molecule has 0 saturated heterocycles. The van der Waals surface area contributed by atoms with E-state index in [0.717, 1.165) is 50.0 Å². The highest BCUT2D eigenvalue weighted by Gasteiger charge is 2.43. The fraction of sp³-hybridized carbons (Fsp3) is 0.256. The SMILES string of the molecule is CCN1CCCc2c(C(=C3Cc4cccc5ccn(c45)C3)c3cc4c(c5ccccc35)[N+](CC)(CC)c3ccccc3-4)cccc21. The van der Waals surface area contributed by atoms with Crippen LogP contribution in [0.15, 0.2) is 109 Å². The van der Waals surface area contributed by atoms with E-state index in [-0.39, 0.29) is 0 Å². The van der Waals surface area contributed by atoms with E-state index in [1.54, 1.807) is 0 Å². The standard InChI is InChI=1S/C43H42N3/c1-4-44-24-13-20-33-35(19-12-21-39(33)44)41(31-26-30-15-11-14-29-23-25-45(28-31)42(29)30)37-27-38-34-17-9-10-22-40(34)46(5-2,6-3)43(38)36-18-8-7-16-32(36)37/h7-12,14-19,21-23,25,27H,4-6,13,20,24,26,28H2,1-3H3/q+1. The Balaban J connectivity index is 1.40. The Hall–Kier alpha value is -4.60. The molecule has 0 bridgehead atoms. The average molecular weight is 601 g/mol. The van der Waals surface area contributed by atoms with Gasteiger partial charge in [0.1, 0.15) is 5.69 Å². The number of hydrogen-bond donors (Lipinski definition) is 0. The maximum absolute atomic E-state index is 2.59. The van der Waals surface area contributed by atoms with Crippen LogP contribution >= 0.6 is 0 Å². The summed E-state index contributed by atoms with van der Waals surface area (Å²) in [5.41, 5.74) is 17.3. The average Bonchev–Trinajstić information content (AvgIpc) is 3.66. The van der Waals surface area contributed by atoms with Crippen LogP contribution in [0, 0.1) is 0 Å². The van der Waals surface area contributed by atoms with E-state index < -0.39 is 0 Å². The highest BCUT2D eigenvalue weighted by atomic mass is 15.4. The summed E-state index contributed by atoms with van der Waals surface area (Å²) >= 11 is 0. The summed E-state index contributed by atoms with van der Waals surface area (Å²) in [6, 6.07) is 37.3. The van der Waals surface area contributed by atoms with Crippen molar-refractivity contribution in [2.75, 3.05) is 31.1 Å². The van der Waals surface area contributed by atoms with Gasteiger partial charge in [0.25, 0.3) is 0 Å². The minimum atomic E-state index is 0.902. The Morgan fingerprint density at radius 3 is 2.41 bits per heavy atom. The summed E-state index contributed by atoms with van der Waals surface area (Å²) in [4.78, 5) is 2.58. The van der Waals surface area contributed by atoms with Crippen LogP contribution in [0.25, 0.3) is 38.4 Å². The third-order valence-corrected chi connectivity index (χ3v) is 11.4. The van der Waals surface area contributed by atoms with Crippen molar-refractivity contribution in [1.29, 1.82) is 0 Å². The van der Waals surface area contributed by atoms with Gasteiger partial charge in [0.2, 0.25) is 0 Å². The molecule has 228 valence electrons. The van der Waals surface area contributed by atoms with E-state index >= 15 is 0 Å². The number of quaternary nitrogens is 1. The normalized spacial score (nSPS) is 17.2. The second kappa shape index (κ2) is 10.5. The molecule has 6 aromatic rings. The van der Waals surface area contributed by atoms with Gasteiger partial charge in [0, 0.05) is 48.5 Å². The van der Waals surface area contributed by atoms with Gasteiger partial charge >= 0.3 is 0 Å². The fourth-order valence-electron chi connectivity index (χ4n) is 9.37.